The zero-order valence-corrected chi connectivity index (χ0v) is 14.6. The quantitative estimate of drug-likeness (QED) is 0.835. The molecule has 3 heterocycles. The van der Waals surface area contributed by atoms with E-state index < -0.39 is 0 Å². The second-order valence-corrected chi connectivity index (χ2v) is 6.33. The first-order valence-corrected chi connectivity index (χ1v) is 8.40. The van der Waals surface area contributed by atoms with Gasteiger partial charge in [-0.2, -0.15) is 5.10 Å². The largest absolute Gasteiger partial charge is 0.368 e. The minimum absolute atomic E-state index is 0.146. The first-order valence-electron chi connectivity index (χ1n) is 8.40. The van der Waals surface area contributed by atoms with Gasteiger partial charge in [0.25, 0.3) is 0 Å². The lowest BCUT2D eigenvalue weighted by atomic mass is 10.2. The number of hydrogen-bond donors (Lipinski definition) is 2. The van der Waals surface area contributed by atoms with Crippen LogP contribution in [0, 0.1) is 0 Å². The van der Waals surface area contributed by atoms with E-state index in [1.54, 1.807) is 18.5 Å². The summed E-state index contributed by atoms with van der Waals surface area (Å²) in [5.41, 5.74) is 0. The van der Waals surface area contributed by atoms with Crippen LogP contribution in [0.2, 0.25) is 0 Å². The number of hydrogen-bond acceptors (Lipinski definition) is 7. The van der Waals surface area contributed by atoms with Crippen LogP contribution in [0.3, 0.4) is 0 Å². The topological polar surface area (TPSA) is 109 Å². The Morgan fingerprint density at radius 2 is 2.12 bits per heavy atom. The van der Waals surface area contributed by atoms with Crippen LogP contribution >= 0.6 is 0 Å². The molecule has 1 aliphatic heterocycles. The summed E-state index contributed by atoms with van der Waals surface area (Å²) >= 11 is 0. The average molecular weight is 345 g/mol. The summed E-state index contributed by atoms with van der Waals surface area (Å²) < 4.78 is 5.80. The number of aromatic amines is 1. The van der Waals surface area contributed by atoms with E-state index in [-0.39, 0.29) is 24.0 Å². The van der Waals surface area contributed by atoms with E-state index in [1.165, 1.54) is 0 Å². The molecule has 0 aromatic carbocycles. The molecule has 2 N–H and O–H groups in total. The Hall–Kier alpha value is -2.39. The number of amides is 1. The third-order valence-corrected chi connectivity index (χ3v) is 4.17. The lowest BCUT2D eigenvalue weighted by Gasteiger charge is -2.35. The van der Waals surface area contributed by atoms with Crippen LogP contribution in [0.25, 0.3) is 0 Å². The Balaban J connectivity index is 1.62. The Morgan fingerprint density at radius 3 is 2.80 bits per heavy atom. The average Bonchev–Trinajstić information content (AvgIpc) is 3.12. The molecule has 0 bridgehead atoms. The molecule has 25 heavy (non-hydrogen) atoms. The lowest BCUT2D eigenvalue weighted by molar-refractivity contribution is -0.124. The third kappa shape index (κ3) is 4.18. The molecule has 2 aromatic rings. The van der Waals surface area contributed by atoms with Gasteiger partial charge in [0.05, 0.1) is 12.6 Å². The van der Waals surface area contributed by atoms with Gasteiger partial charge in [0, 0.05) is 31.4 Å². The fourth-order valence-electron chi connectivity index (χ4n) is 2.62. The monoisotopic (exact) mass is 345 g/mol. The van der Waals surface area contributed by atoms with Crippen LogP contribution in [-0.4, -0.2) is 61.7 Å². The first kappa shape index (κ1) is 17.4. The maximum atomic E-state index is 12.4. The van der Waals surface area contributed by atoms with Gasteiger partial charge < -0.3 is 4.74 Å². The number of carbonyl (C=O) groups excluding carboxylic acids is 1. The predicted molar refractivity (Wildman–Crippen MR) is 90.9 cm³/mol. The van der Waals surface area contributed by atoms with Crippen molar-refractivity contribution in [1.82, 2.24) is 30.0 Å². The highest BCUT2D eigenvalue weighted by Crippen LogP contribution is 2.22. The second kappa shape index (κ2) is 7.66. The Kier molecular flexibility index (Phi) is 5.34. The molecule has 134 valence electrons. The molecule has 0 aliphatic carbocycles. The lowest BCUT2D eigenvalue weighted by Crippen LogP contribution is -2.48. The van der Waals surface area contributed by atoms with Crippen molar-refractivity contribution in [1.29, 1.82) is 0 Å². The van der Waals surface area contributed by atoms with Gasteiger partial charge in [-0.25, -0.2) is 15.0 Å². The number of rotatable bonds is 5. The van der Waals surface area contributed by atoms with Crippen molar-refractivity contribution in [3.05, 3.63) is 30.1 Å². The molecule has 0 saturated carbocycles. The third-order valence-electron chi connectivity index (χ3n) is 4.17. The van der Waals surface area contributed by atoms with Crippen molar-refractivity contribution in [2.75, 3.05) is 25.0 Å². The number of anilines is 1. The van der Waals surface area contributed by atoms with Crippen molar-refractivity contribution in [2.45, 2.75) is 38.8 Å². The van der Waals surface area contributed by atoms with E-state index in [9.17, 15) is 4.79 Å². The van der Waals surface area contributed by atoms with E-state index >= 15 is 0 Å². The molecule has 3 rings (SSSR count). The van der Waals surface area contributed by atoms with Crippen LogP contribution in [0.4, 0.5) is 5.95 Å². The minimum Gasteiger partial charge on any atom is -0.368 e. The summed E-state index contributed by atoms with van der Waals surface area (Å²) in [7, 11) is 0. The molecule has 9 heteroatoms. The number of carbonyl (C=O) groups is 1. The van der Waals surface area contributed by atoms with Crippen molar-refractivity contribution in [3.8, 4) is 0 Å². The fraction of sp³-hybridized carbons (Fsp3) is 0.562. The number of morpholine rings is 1. The molecular weight excluding hydrogens is 322 g/mol. The fourth-order valence-corrected chi connectivity index (χ4v) is 2.62. The standard InChI is InChI=1S/C16H23N7O2/c1-10(2)13-19-14(22-21-13)12-9-23(7-8-25-12)11(3)15(24)20-16-17-5-4-6-18-16/h4-6,10-12H,7-9H2,1-3H3,(H,19,21,22)(H,17,18,20,24)/t11-,12+/m1/s1. The summed E-state index contributed by atoms with van der Waals surface area (Å²) in [4.78, 5) is 27.0. The molecule has 0 radical (unpaired) electrons. The van der Waals surface area contributed by atoms with E-state index in [1.807, 2.05) is 20.8 Å². The van der Waals surface area contributed by atoms with Gasteiger partial charge >= 0.3 is 0 Å². The zero-order chi connectivity index (χ0) is 17.8. The van der Waals surface area contributed by atoms with Gasteiger partial charge in [-0.15, -0.1) is 0 Å². The molecule has 1 amide bonds. The highest BCUT2D eigenvalue weighted by atomic mass is 16.5. The number of nitrogens with one attached hydrogen (secondary N) is 2. The summed E-state index contributed by atoms with van der Waals surface area (Å²) in [6.45, 7) is 7.71. The predicted octanol–water partition coefficient (Wildman–Crippen LogP) is 1.12. The van der Waals surface area contributed by atoms with Crippen LogP contribution < -0.4 is 5.32 Å². The summed E-state index contributed by atoms with van der Waals surface area (Å²) in [5, 5.41) is 9.91. The summed E-state index contributed by atoms with van der Waals surface area (Å²) in [6, 6.07) is 1.37. The Bertz CT molecular complexity index is 704. The summed E-state index contributed by atoms with van der Waals surface area (Å²) in [5.74, 6) is 1.88. The molecule has 1 aliphatic rings. The van der Waals surface area contributed by atoms with E-state index in [2.05, 4.69) is 35.4 Å². The number of ether oxygens (including phenoxy) is 1. The van der Waals surface area contributed by atoms with Crippen LogP contribution in [0.15, 0.2) is 18.5 Å². The van der Waals surface area contributed by atoms with Gasteiger partial charge in [-0.1, -0.05) is 13.8 Å². The smallest absolute Gasteiger partial charge is 0.243 e. The van der Waals surface area contributed by atoms with Gasteiger partial charge in [-0.3, -0.25) is 20.1 Å². The summed E-state index contributed by atoms with van der Waals surface area (Å²) in [6.07, 6.45) is 2.96. The van der Waals surface area contributed by atoms with Gasteiger partial charge in [0.1, 0.15) is 6.10 Å². The van der Waals surface area contributed by atoms with Gasteiger partial charge in [-0.05, 0) is 13.0 Å². The minimum atomic E-state index is -0.331. The molecule has 2 atom stereocenters. The maximum absolute atomic E-state index is 12.4. The Labute approximate surface area is 146 Å². The molecule has 9 nitrogen and oxygen atoms in total. The van der Waals surface area contributed by atoms with Crippen LogP contribution in [0.5, 0.6) is 0 Å². The zero-order valence-electron chi connectivity index (χ0n) is 14.6. The van der Waals surface area contributed by atoms with E-state index in [4.69, 9.17) is 4.74 Å². The highest BCUT2D eigenvalue weighted by molar-refractivity contribution is 5.93. The molecule has 0 unspecified atom stereocenters. The Morgan fingerprint density at radius 1 is 1.36 bits per heavy atom. The number of aromatic nitrogens is 5. The SMILES string of the molecule is CC(C)c1n[nH]c([C@@H]2CN([C@H](C)C(=O)Nc3ncccn3)CCO2)n1. The molecule has 2 aromatic heterocycles. The molecule has 0 spiro atoms. The van der Waals surface area contributed by atoms with Crippen molar-refractivity contribution < 1.29 is 9.53 Å². The number of nitrogens with zero attached hydrogens (tertiary/aromatic N) is 5. The molecular formula is C16H23N7O2. The van der Waals surface area contributed by atoms with Crippen molar-refractivity contribution in [3.63, 3.8) is 0 Å². The van der Waals surface area contributed by atoms with Gasteiger partial charge in [0.2, 0.25) is 11.9 Å². The number of H-pyrrole nitrogens is 1. The second-order valence-electron chi connectivity index (χ2n) is 6.33. The van der Waals surface area contributed by atoms with Crippen molar-refractivity contribution in [2.24, 2.45) is 0 Å². The first-order chi connectivity index (χ1) is 12.0. The van der Waals surface area contributed by atoms with E-state index in [0.29, 0.717) is 31.5 Å². The van der Waals surface area contributed by atoms with Crippen LogP contribution in [0.1, 0.15) is 44.4 Å². The molecule has 1 saturated heterocycles. The normalized spacial score (nSPS) is 19.8. The van der Waals surface area contributed by atoms with Gasteiger partial charge in [0.15, 0.2) is 11.6 Å². The van der Waals surface area contributed by atoms with E-state index in [0.717, 1.165) is 5.82 Å². The maximum Gasteiger partial charge on any atom is 0.243 e. The van der Waals surface area contributed by atoms with Crippen LogP contribution in [-0.2, 0) is 9.53 Å². The van der Waals surface area contributed by atoms with Crippen molar-refractivity contribution >= 4 is 11.9 Å². The molecule has 1 fully saturated rings. The highest BCUT2D eigenvalue weighted by Gasteiger charge is 2.30.